The van der Waals surface area contributed by atoms with Crippen LogP contribution in [-0.4, -0.2) is 16.2 Å². The third-order valence-electron chi connectivity index (χ3n) is 2.16. The Balaban J connectivity index is 3.13. The number of carboxylic acid groups (broad SMARTS) is 1. The van der Waals surface area contributed by atoms with E-state index in [9.17, 15) is 9.90 Å². The first-order valence-corrected chi connectivity index (χ1v) is 5.42. The highest BCUT2D eigenvalue weighted by Crippen LogP contribution is 2.28. The van der Waals surface area contributed by atoms with Crippen LogP contribution in [0, 0.1) is 11.3 Å². The number of aliphatic carboxylic acids is 1. The van der Waals surface area contributed by atoms with Crippen molar-refractivity contribution in [2.24, 2.45) is 0 Å². The number of carboxylic acids is 1. The second-order valence-corrected chi connectivity index (χ2v) is 4.07. The van der Waals surface area contributed by atoms with E-state index in [1.807, 2.05) is 6.07 Å². The van der Waals surface area contributed by atoms with Crippen molar-refractivity contribution in [2.45, 2.75) is 18.9 Å². The molecule has 0 heterocycles. The fourth-order valence-corrected chi connectivity index (χ4v) is 2.04. The van der Waals surface area contributed by atoms with Gasteiger partial charge in [-0.05, 0) is 18.1 Å². The van der Waals surface area contributed by atoms with Crippen molar-refractivity contribution < 1.29 is 15.0 Å². The van der Waals surface area contributed by atoms with E-state index in [0.717, 1.165) is 0 Å². The van der Waals surface area contributed by atoms with E-state index in [4.69, 9.17) is 10.4 Å². The summed E-state index contributed by atoms with van der Waals surface area (Å²) in [7, 11) is 0. The number of aliphatic hydroxyl groups is 1. The Morgan fingerprint density at radius 3 is 2.81 bits per heavy atom. The lowest BCUT2D eigenvalue weighted by Crippen LogP contribution is -2.13. The maximum Gasteiger partial charge on any atom is 0.337 e. The molecular weight excluding hydrogens is 274 g/mol. The molecule has 0 aromatic heterocycles. The quantitative estimate of drug-likeness (QED) is 0.886. The zero-order chi connectivity index (χ0) is 12.1. The summed E-state index contributed by atoms with van der Waals surface area (Å²) in [6.45, 7) is 0. The van der Waals surface area contributed by atoms with Gasteiger partial charge in [-0.15, -0.1) is 0 Å². The lowest BCUT2D eigenvalue weighted by atomic mass is 9.99. The molecule has 0 amide bonds. The maximum atomic E-state index is 10.7. The van der Waals surface area contributed by atoms with Crippen LogP contribution in [0.5, 0.6) is 0 Å². The van der Waals surface area contributed by atoms with Gasteiger partial charge in [0.25, 0.3) is 0 Å². The molecule has 84 valence electrons. The van der Waals surface area contributed by atoms with Gasteiger partial charge >= 0.3 is 5.97 Å². The molecular formula is C11H10BrNO3. The smallest absolute Gasteiger partial charge is 0.337 e. The molecule has 1 atom stereocenters. The number of rotatable bonds is 4. The highest BCUT2D eigenvalue weighted by molar-refractivity contribution is 9.10. The predicted molar refractivity (Wildman–Crippen MR) is 60.7 cm³/mol. The Kier molecular flexibility index (Phi) is 4.47. The number of halogens is 1. The minimum absolute atomic E-state index is 0.287. The van der Waals surface area contributed by atoms with Gasteiger partial charge in [-0.3, -0.25) is 0 Å². The van der Waals surface area contributed by atoms with Gasteiger partial charge in [-0.1, -0.05) is 28.1 Å². The number of carbonyl (C=O) groups is 1. The van der Waals surface area contributed by atoms with Crippen LogP contribution in [0.1, 0.15) is 23.7 Å². The first-order valence-electron chi connectivity index (χ1n) is 4.63. The molecule has 0 fully saturated rings. The number of aryl methyl sites for hydroxylation is 1. The van der Waals surface area contributed by atoms with Crippen LogP contribution in [0.4, 0.5) is 0 Å². The minimum atomic E-state index is -1.57. The molecule has 0 bridgehead atoms. The monoisotopic (exact) mass is 283 g/mol. The average Bonchev–Trinajstić information content (AvgIpc) is 2.25. The molecule has 0 aliphatic carbocycles. The maximum absolute atomic E-state index is 10.7. The summed E-state index contributed by atoms with van der Waals surface area (Å²) in [5.41, 5.74) is 0.996. The molecule has 0 saturated heterocycles. The van der Waals surface area contributed by atoms with Gasteiger partial charge < -0.3 is 10.2 Å². The van der Waals surface area contributed by atoms with Gasteiger partial charge in [-0.25, -0.2) is 4.79 Å². The van der Waals surface area contributed by atoms with Crippen molar-refractivity contribution in [3.8, 4) is 6.07 Å². The summed E-state index contributed by atoms with van der Waals surface area (Å²) < 4.78 is 0.540. The fourth-order valence-electron chi connectivity index (χ4n) is 1.42. The van der Waals surface area contributed by atoms with E-state index >= 15 is 0 Å². The zero-order valence-electron chi connectivity index (χ0n) is 8.35. The molecule has 5 heteroatoms. The van der Waals surface area contributed by atoms with E-state index in [0.29, 0.717) is 22.0 Å². The molecule has 1 rings (SSSR count). The highest BCUT2D eigenvalue weighted by Gasteiger charge is 2.21. The Labute approximate surface area is 101 Å². The van der Waals surface area contributed by atoms with Gasteiger partial charge in [0, 0.05) is 16.5 Å². The van der Waals surface area contributed by atoms with Crippen molar-refractivity contribution in [3.63, 3.8) is 0 Å². The van der Waals surface area contributed by atoms with E-state index in [-0.39, 0.29) is 6.42 Å². The summed E-state index contributed by atoms with van der Waals surface area (Å²) in [5, 5.41) is 26.8. The van der Waals surface area contributed by atoms with Crippen molar-refractivity contribution in [1.29, 1.82) is 5.26 Å². The van der Waals surface area contributed by atoms with E-state index < -0.39 is 12.1 Å². The van der Waals surface area contributed by atoms with E-state index in [2.05, 4.69) is 15.9 Å². The lowest BCUT2D eigenvalue weighted by Gasteiger charge is -2.13. The number of nitriles is 1. The van der Waals surface area contributed by atoms with Crippen LogP contribution >= 0.6 is 15.9 Å². The van der Waals surface area contributed by atoms with Crippen LogP contribution in [0.2, 0.25) is 0 Å². The van der Waals surface area contributed by atoms with Gasteiger partial charge in [0.15, 0.2) is 6.10 Å². The third-order valence-corrected chi connectivity index (χ3v) is 2.85. The summed E-state index contributed by atoms with van der Waals surface area (Å²) in [5.74, 6) is -1.30. The largest absolute Gasteiger partial charge is 0.479 e. The van der Waals surface area contributed by atoms with E-state index in [1.165, 1.54) is 0 Å². The molecule has 4 nitrogen and oxygen atoms in total. The van der Waals surface area contributed by atoms with Gasteiger partial charge in [0.05, 0.1) is 6.07 Å². The van der Waals surface area contributed by atoms with Crippen molar-refractivity contribution >= 4 is 21.9 Å². The molecule has 1 unspecified atom stereocenters. The second-order valence-electron chi connectivity index (χ2n) is 3.21. The van der Waals surface area contributed by atoms with Gasteiger partial charge in [0.1, 0.15) is 0 Å². The zero-order valence-corrected chi connectivity index (χ0v) is 9.94. The molecule has 0 spiro atoms. The van der Waals surface area contributed by atoms with Crippen LogP contribution in [-0.2, 0) is 11.2 Å². The van der Waals surface area contributed by atoms with E-state index in [1.54, 1.807) is 18.2 Å². The van der Waals surface area contributed by atoms with Gasteiger partial charge in [-0.2, -0.15) is 5.26 Å². The van der Waals surface area contributed by atoms with Crippen LogP contribution < -0.4 is 0 Å². The summed E-state index contributed by atoms with van der Waals surface area (Å²) in [6.07, 6.45) is -0.852. The molecule has 0 aliphatic heterocycles. The summed E-state index contributed by atoms with van der Waals surface area (Å²) in [6, 6.07) is 7.11. The van der Waals surface area contributed by atoms with Crippen LogP contribution in [0.25, 0.3) is 0 Å². The second kappa shape index (κ2) is 5.64. The predicted octanol–water partition coefficient (Wildman–Crippen LogP) is 2.02. The Morgan fingerprint density at radius 2 is 2.25 bits per heavy atom. The van der Waals surface area contributed by atoms with Crippen molar-refractivity contribution in [1.82, 2.24) is 0 Å². The highest BCUT2D eigenvalue weighted by atomic mass is 79.9. The standard InChI is InChI=1S/C11H10BrNO3/c12-8-5-1-3-7(4-2-6-13)9(8)10(14)11(15)16/h1,3,5,10,14H,2,4H2,(H,15,16). The number of nitrogens with zero attached hydrogens (tertiary/aromatic N) is 1. The number of hydrogen-bond acceptors (Lipinski definition) is 3. The molecule has 0 radical (unpaired) electrons. The van der Waals surface area contributed by atoms with Crippen LogP contribution in [0.15, 0.2) is 22.7 Å². The third kappa shape index (κ3) is 2.81. The van der Waals surface area contributed by atoms with Crippen molar-refractivity contribution in [2.75, 3.05) is 0 Å². The topological polar surface area (TPSA) is 81.3 Å². The first-order chi connectivity index (χ1) is 7.57. The fraction of sp³-hybridized carbons (Fsp3) is 0.273. The minimum Gasteiger partial charge on any atom is -0.479 e. The number of aliphatic hydroxyl groups excluding tert-OH is 1. The molecule has 1 aromatic rings. The van der Waals surface area contributed by atoms with Crippen LogP contribution in [0.3, 0.4) is 0 Å². The first kappa shape index (κ1) is 12.7. The Bertz CT molecular complexity index is 439. The average molecular weight is 284 g/mol. The Hall–Kier alpha value is -1.38. The Morgan fingerprint density at radius 1 is 1.56 bits per heavy atom. The summed E-state index contributed by atoms with van der Waals surface area (Å²) >= 11 is 3.20. The van der Waals surface area contributed by atoms with Crippen molar-refractivity contribution in [3.05, 3.63) is 33.8 Å². The molecule has 0 aliphatic rings. The normalized spacial score (nSPS) is 11.8. The SMILES string of the molecule is N#CCCc1cccc(Br)c1C(O)C(=O)O. The molecule has 2 N–H and O–H groups in total. The molecule has 16 heavy (non-hydrogen) atoms. The molecule has 0 saturated carbocycles. The lowest BCUT2D eigenvalue weighted by molar-refractivity contribution is -0.147. The summed E-state index contributed by atoms with van der Waals surface area (Å²) in [4.78, 5) is 10.7. The molecule has 1 aromatic carbocycles. The van der Waals surface area contributed by atoms with Gasteiger partial charge in [0.2, 0.25) is 0 Å². The number of benzene rings is 1. The number of hydrogen-bond donors (Lipinski definition) is 2.